The van der Waals surface area contributed by atoms with Gasteiger partial charge in [-0.15, -0.1) is 0 Å². The maximum absolute atomic E-state index is 11.9. The van der Waals surface area contributed by atoms with E-state index in [0.717, 1.165) is 41.8 Å². The fraction of sp³-hybridized carbons (Fsp3) is 0.429. The number of amides is 1. The lowest BCUT2D eigenvalue weighted by Crippen LogP contribution is -2.27. The van der Waals surface area contributed by atoms with Crippen molar-refractivity contribution in [2.45, 2.75) is 32.6 Å². The zero-order chi connectivity index (χ0) is 12.0. The quantitative estimate of drug-likeness (QED) is 0.779. The lowest BCUT2D eigenvalue weighted by molar-refractivity contribution is -0.117. The third-order valence-corrected chi connectivity index (χ3v) is 3.61. The Labute approximate surface area is 100 Å². The second-order valence-electron chi connectivity index (χ2n) is 4.78. The molecule has 17 heavy (non-hydrogen) atoms. The number of nitrogens with zero attached hydrogens (tertiary/aromatic N) is 1. The second-order valence-corrected chi connectivity index (χ2v) is 4.78. The summed E-state index contributed by atoms with van der Waals surface area (Å²) in [5, 5.41) is 0. The molecule has 0 bridgehead atoms. The molecular formula is C14H15NO2. The van der Waals surface area contributed by atoms with Crippen LogP contribution in [0.4, 0.5) is 5.69 Å². The Balaban J connectivity index is 2.08. The first-order valence-electron chi connectivity index (χ1n) is 6.20. The molecule has 0 saturated carbocycles. The highest BCUT2D eigenvalue weighted by molar-refractivity contribution is 6.06. The number of aryl methyl sites for hydroxylation is 1. The Morgan fingerprint density at radius 3 is 2.76 bits per heavy atom. The van der Waals surface area contributed by atoms with Gasteiger partial charge in [0, 0.05) is 24.2 Å². The maximum atomic E-state index is 11.9. The molecule has 1 heterocycles. The number of hydrogen-bond acceptors (Lipinski definition) is 2. The van der Waals surface area contributed by atoms with E-state index in [-0.39, 0.29) is 11.7 Å². The minimum Gasteiger partial charge on any atom is -0.312 e. The molecule has 0 spiro atoms. The van der Waals surface area contributed by atoms with Crippen molar-refractivity contribution >= 4 is 17.4 Å². The molecule has 1 amide bonds. The van der Waals surface area contributed by atoms with E-state index in [4.69, 9.17) is 0 Å². The Morgan fingerprint density at radius 1 is 1.18 bits per heavy atom. The van der Waals surface area contributed by atoms with Gasteiger partial charge < -0.3 is 4.90 Å². The third kappa shape index (κ3) is 1.49. The monoisotopic (exact) mass is 229 g/mol. The molecule has 1 aromatic carbocycles. The smallest absolute Gasteiger partial charge is 0.231 e. The van der Waals surface area contributed by atoms with Crippen LogP contribution in [0, 0.1) is 0 Å². The zero-order valence-electron chi connectivity index (χ0n) is 9.95. The van der Waals surface area contributed by atoms with Crippen molar-refractivity contribution in [3.05, 3.63) is 28.8 Å². The van der Waals surface area contributed by atoms with Crippen LogP contribution in [0.15, 0.2) is 12.1 Å². The fourth-order valence-corrected chi connectivity index (χ4v) is 2.79. The molecule has 0 fully saturated rings. The summed E-state index contributed by atoms with van der Waals surface area (Å²) in [5.74, 6) is 0.386. The van der Waals surface area contributed by atoms with E-state index in [9.17, 15) is 9.59 Å². The van der Waals surface area contributed by atoms with Crippen LogP contribution in [-0.4, -0.2) is 18.2 Å². The van der Waals surface area contributed by atoms with Crippen LogP contribution in [0.1, 0.15) is 41.3 Å². The normalized spacial score (nSPS) is 17.6. The third-order valence-electron chi connectivity index (χ3n) is 3.61. The molecule has 0 radical (unpaired) electrons. The van der Waals surface area contributed by atoms with Crippen LogP contribution < -0.4 is 4.90 Å². The largest absolute Gasteiger partial charge is 0.312 e. The first-order valence-corrected chi connectivity index (χ1v) is 6.20. The number of rotatable bonds is 2. The molecule has 3 heteroatoms. The van der Waals surface area contributed by atoms with Crippen LogP contribution in [0.2, 0.25) is 0 Å². The van der Waals surface area contributed by atoms with Gasteiger partial charge in [-0.05, 0) is 30.0 Å². The summed E-state index contributed by atoms with van der Waals surface area (Å²) in [4.78, 5) is 25.4. The molecule has 0 atom stereocenters. The minimum absolute atomic E-state index is 0.165. The van der Waals surface area contributed by atoms with Gasteiger partial charge in [-0.3, -0.25) is 9.59 Å². The maximum Gasteiger partial charge on any atom is 0.231 e. The Bertz CT molecular complexity index is 519. The number of benzene rings is 1. The molecule has 0 aromatic heterocycles. The van der Waals surface area contributed by atoms with Crippen LogP contribution in [0.3, 0.4) is 0 Å². The van der Waals surface area contributed by atoms with Crippen molar-refractivity contribution in [1.82, 2.24) is 0 Å². The van der Waals surface area contributed by atoms with Gasteiger partial charge in [0.1, 0.15) is 0 Å². The molecule has 1 aromatic rings. The molecule has 2 aliphatic rings. The van der Waals surface area contributed by atoms with Gasteiger partial charge in [0.15, 0.2) is 5.78 Å². The standard InChI is InChI=1S/C14H15NO2/c1-2-5-15-12-8-11-9(3-4-13(11)16)6-10(12)7-14(15)17/h6,8H,2-5,7H2,1H3. The lowest BCUT2D eigenvalue weighted by atomic mass is 10.0. The van der Waals surface area contributed by atoms with Crippen molar-refractivity contribution in [2.75, 3.05) is 11.4 Å². The highest BCUT2D eigenvalue weighted by atomic mass is 16.2. The second kappa shape index (κ2) is 3.69. The van der Waals surface area contributed by atoms with Gasteiger partial charge >= 0.3 is 0 Å². The summed E-state index contributed by atoms with van der Waals surface area (Å²) in [6.07, 6.45) is 2.90. The molecule has 1 aliphatic carbocycles. The van der Waals surface area contributed by atoms with Crippen molar-refractivity contribution in [2.24, 2.45) is 0 Å². The topological polar surface area (TPSA) is 37.4 Å². The molecular weight excluding hydrogens is 214 g/mol. The van der Waals surface area contributed by atoms with Gasteiger partial charge in [-0.25, -0.2) is 0 Å². The number of fused-ring (bicyclic) bond motifs is 2. The number of Topliss-reactive ketones (excluding diaryl/α,β-unsaturated/α-hetero) is 1. The lowest BCUT2D eigenvalue weighted by Gasteiger charge is -2.16. The highest BCUT2D eigenvalue weighted by Crippen LogP contribution is 2.35. The Kier molecular flexibility index (Phi) is 2.28. The van der Waals surface area contributed by atoms with Crippen molar-refractivity contribution in [1.29, 1.82) is 0 Å². The van der Waals surface area contributed by atoms with E-state index in [1.165, 1.54) is 0 Å². The van der Waals surface area contributed by atoms with Crippen molar-refractivity contribution in [3.8, 4) is 0 Å². The number of carbonyl (C=O) groups is 2. The van der Waals surface area contributed by atoms with Crippen LogP contribution in [0.5, 0.6) is 0 Å². The number of carbonyl (C=O) groups excluding carboxylic acids is 2. The van der Waals surface area contributed by atoms with Crippen LogP contribution in [-0.2, 0) is 17.6 Å². The van der Waals surface area contributed by atoms with E-state index >= 15 is 0 Å². The van der Waals surface area contributed by atoms with Gasteiger partial charge in [0.05, 0.1) is 6.42 Å². The van der Waals surface area contributed by atoms with E-state index in [0.29, 0.717) is 12.8 Å². The van der Waals surface area contributed by atoms with Gasteiger partial charge in [0.2, 0.25) is 5.91 Å². The molecule has 3 rings (SSSR count). The summed E-state index contributed by atoms with van der Waals surface area (Å²) in [7, 11) is 0. The van der Waals surface area contributed by atoms with Gasteiger partial charge in [0.25, 0.3) is 0 Å². The molecule has 3 nitrogen and oxygen atoms in total. The molecule has 0 saturated heterocycles. The molecule has 1 aliphatic heterocycles. The van der Waals surface area contributed by atoms with E-state index in [2.05, 4.69) is 13.0 Å². The van der Waals surface area contributed by atoms with Crippen LogP contribution in [0.25, 0.3) is 0 Å². The predicted molar refractivity (Wildman–Crippen MR) is 65.4 cm³/mol. The minimum atomic E-state index is 0.165. The molecule has 88 valence electrons. The van der Waals surface area contributed by atoms with E-state index < -0.39 is 0 Å². The molecule has 0 unspecified atom stereocenters. The summed E-state index contributed by atoms with van der Waals surface area (Å²) in [6, 6.07) is 3.99. The number of ketones is 1. The summed E-state index contributed by atoms with van der Waals surface area (Å²) in [6.45, 7) is 2.81. The Hall–Kier alpha value is -1.64. The average molecular weight is 229 g/mol. The highest BCUT2D eigenvalue weighted by Gasteiger charge is 2.30. The van der Waals surface area contributed by atoms with Gasteiger partial charge in [-0.2, -0.15) is 0 Å². The molecule has 0 N–H and O–H groups in total. The van der Waals surface area contributed by atoms with Crippen molar-refractivity contribution in [3.63, 3.8) is 0 Å². The average Bonchev–Trinajstić information content (AvgIpc) is 2.80. The first-order chi connectivity index (χ1) is 8.20. The number of anilines is 1. The fourth-order valence-electron chi connectivity index (χ4n) is 2.79. The Morgan fingerprint density at radius 2 is 2.00 bits per heavy atom. The zero-order valence-corrected chi connectivity index (χ0v) is 9.95. The van der Waals surface area contributed by atoms with E-state index in [1.807, 2.05) is 11.0 Å². The van der Waals surface area contributed by atoms with Crippen molar-refractivity contribution < 1.29 is 9.59 Å². The SMILES string of the molecule is CCCN1C(=O)Cc2cc3c(cc21)C(=O)CC3. The predicted octanol–water partition coefficient (Wildman–Crippen LogP) is 2.11. The summed E-state index contributed by atoms with van der Waals surface area (Å²) < 4.78 is 0. The summed E-state index contributed by atoms with van der Waals surface area (Å²) >= 11 is 0. The van der Waals surface area contributed by atoms with Gasteiger partial charge in [-0.1, -0.05) is 13.0 Å². The van der Waals surface area contributed by atoms with E-state index in [1.54, 1.807) is 0 Å². The summed E-state index contributed by atoms with van der Waals surface area (Å²) in [5.41, 5.74) is 4.02. The van der Waals surface area contributed by atoms with Crippen LogP contribution >= 0.6 is 0 Å². The first kappa shape index (κ1) is 10.5. The number of hydrogen-bond donors (Lipinski definition) is 0.